The maximum absolute atomic E-state index is 14.6. The van der Waals surface area contributed by atoms with E-state index >= 15 is 0 Å². The van der Waals surface area contributed by atoms with Crippen molar-refractivity contribution < 1.29 is 60.5 Å². The molecule has 0 spiro atoms. The van der Waals surface area contributed by atoms with Gasteiger partial charge in [-0.2, -0.15) is 26.3 Å². The number of alkyl halides is 6. The van der Waals surface area contributed by atoms with Gasteiger partial charge in [-0.15, -0.1) is 12.2 Å². The van der Waals surface area contributed by atoms with Crippen LogP contribution in [-0.2, 0) is 34.1 Å². The molecule has 0 amide bonds. The van der Waals surface area contributed by atoms with Crippen LogP contribution in [0.25, 0.3) is 0 Å². The summed E-state index contributed by atoms with van der Waals surface area (Å²) < 4.78 is 84.3. The Kier molecular flexibility index (Phi) is 25.3. The van der Waals surface area contributed by atoms with Gasteiger partial charge < -0.3 is 27.7 Å². The number of allylic oxidation sites excluding steroid dienone is 6. The Hall–Kier alpha value is -5.12. The quantitative estimate of drug-likeness (QED) is 0.0350. The van der Waals surface area contributed by atoms with Crippen LogP contribution in [0.4, 0.5) is 26.3 Å². The van der Waals surface area contributed by atoms with Crippen molar-refractivity contribution in [1.82, 2.24) is 0 Å². The molecule has 2 aliphatic heterocycles. The average molecular weight is 1360 g/mol. The van der Waals surface area contributed by atoms with Crippen LogP contribution in [0, 0.1) is 39.5 Å². The Labute approximate surface area is 546 Å². The van der Waals surface area contributed by atoms with Crippen LogP contribution < -0.4 is 42.4 Å². The predicted molar refractivity (Wildman–Crippen MR) is 365 cm³/mol. The van der Waals surface area contributed by atoms with Gasteiger partial charge in [0.15, 0.2) is 0 Å². The standard InChI is InChI=1S/2C26H24P2.C19H8F6S2.2CH3.2Fe/c2*1-5-13-23(14-6-1)27(24-15-7-2-8-16-24)21-22-28(25-17-9-3-10-18-25)26-19-11-4-12-20-26;1-5-9-7-11-13-14(18(22,23)19(24,25)17(13,20)21)12-8-10(6-2)27-16(12,4)15(11,3)26-9;;;;/h2*1-20H,21-22H2;7-8H,3-4H3;2*1H3;;/q;;-2;2*-1;2*+2/p+4/t;;15-,16-;;;;/m..0..../s1. The number of hydrogen-bond donors (Lipinski definition) is 0. The first kappa shape index (κ1) is 71.0. The van der Waals surface area contributed by atoms with Crippen LogP contribution >= 0.6 is 55.2 Å². The maximum Gasteiger partial charge on any atom is 2.00 e. The van der Waals surface area contributed by atoms with Crippen molar-refractivity contribution in [2.45, 2.75) is 41.1 Å². The molecule has 0 nitrogen and oxygen atoms in total. The summed E-state index contributed by atoms with van der Waals surface area (Å²) in [7, 11) is -3.13. The first-order valence-corrected chi connectivity index (χ1v) is 35.8. The van der Waals surface area contributed by atoms with Crippen molar-refractivity contribution in [3.8, 4) is 11.8 Å². The zero-order valence-corrected chi connectivity index (χ0v) is 56.2. The zero-order valence-electron chi connectivity index (χ0n) is 48.4. The smallest absolute Gasteiger partial charge is 0.365 e. The molecule has 444 valence electrons. The number of halogens is 6. The van der Waals surface area contributed by atoms with E-state index in [1.165, 1.54) is 80.9 Å². The van der Waals surface area contributed by atoms with E-state index in [1.54, 1.807) is 0 Å². The zero-order chi connectivity index (χ0) is 58.2. The summed E-state index contributed by atoms with van der Waals surface area (Å²) in [5.41, 5.74) is -3.46. The Balaban J connectivity index is 0.000000204. The van der Waals surface area contributed by atoms with Crippen LogP contribution in [0.2, 0.25) is 0 Å². The molecule has 2 atom stereocenters. The summed E-state index contributed by atoms with van der Waals surface area (Å²) in [4.78, 5) is 0.174. The van der Waals surface area contributed by atoms with E-state index in [9.17, 15) is 26.3 Å². The third kappa shape index (κ3) is 14.6. The van der Waals surface area contributed by atoms with E-state index in [0.29, 0.717) is 0 Å². The molecule has 8 aromatic carbocycles. The van der Waals surface area contributed by atoms with Gasteiger partial charge in [0, 0.05) is 20.6 Å². The second kappa shape index (κ2) is 31.1. The first-order valence-electron chi connectivity index (χ1n) is 27.3. The van der Waals surface area contributed by atoms with Gasteiger partial charge in [-0.25, -0.2) is 23.5 Å². The third-order valence-electron chi connectivity index (χ3n) is 15.8. The molecule has 2 heterocycles. The minimum absolute atomic E-state index is 0. The fraction of sp³-hybridized carbons (Fsp3) is 0.151. The van der Waals surface area contributed by atoms with Crippen LogP contribution in [0.1, 0.15) is 13.8 Å². The van der Waals surface area contributed by atoms with Gasteiger partial charge in [0.25, 0.3) is 0 Å². The molecule has 1 saturated carbocycles. The number of hydrogen-bond acceptors (Lipinski definition) is 2. The van der Waals surface area contributed by atoms with Gasteiger partial charge in [-0.1, -0.05) is 155 Å². The summed E-state index contributed by atoms with van der Waals surface area (Å²) in [5.74, 6) is -11.7. The Bertz CT molecular complexity index is 3170. The third-order valence-corrected chi connectivity index (χ3v) is 31.1. The normalized spacial score (nSPS) is 18.6. The van der Waals surface area contributed by atoms with E-state index in [0.717, 1.165) is 35.7 Å². The number of rotatable bonds is 14. The monoisotopic (exact) mass is 1360 g/mol. The molecule has 87 heavy (non-hydrogen) atoms. The largest absolute Gasteiger partial charge is 2.00 e. The topological polar surface area (TPSA) is 0 Å². The van der Waals surface area contributed by atoms with Gasteiger partial charge in [0.1, 0.15) is 24.6 Å². The van der Waals surface area contributed by atoms with Crippen molar-refractivity contribution in [2.75, 3.05) is 24.6 Å². The van der Waals surface area contributed by atoms with Crippen molar-refractivity contribution >= 4 is 97.6 Å². The Morgan fingerprint density at radius 3 is 0.667 bits per heavy atom. The van der Waals surface area contributed by atoms with Crippen molar-refractivity contribution in [3.05, 3.63) is 315 Å². The molecule has 2 aliphatic carbocycles. The molecule has 8 aromatic rings. The van der Waals surface area contributed by atoms with E-state index in [-0.39, 0.29) is 69.9 Å². The summed E-state index contributed by atoms with van der Waals surface area (Å²) in [5, 5.41) is 12.1. The first-order chi connectivity index (χ1) is 40.1. The Morgan fingerprint density at radius 1 is 0.333 bits per heavy atom. The number of fused-ring (bicyclic) bond motifs is 4. The fourth-order valence-corrected chi connectivity index (χ4v) is 26.6. The SMILES string of the molecule is [C-]#CC1=CC2=C3C(=C4C=C(C#[C-])S[C@]4(C)[C@@]2(C)S1)C(F)(F)C(F)(F)C3(F)F.[CH3-].[CH3-].[Fe+2].[Fe+2].c1ccc([PH+](CC[PH+](c2ccccc2)c2ccccc2)c2ccccc2)cc1.c1ccc([PH+](CC[PH+](c2ccccc2)c2ccccc2)c2ccccc2)cc1. The summed E-state index contributed by atoms with van der Waals surface area (Å²) in [6, 6.07) is 89.0. The predicted octanol–water partition coefficient (Wildman–Crippen LogP) is 15.8. The van der Waals surface area contributed by atoms with E-state index in [1.807, 2.05) is 11.8 Å². The average Bonchev–Trinajstić information content (AvgIpc) is 1.50. The summed E-state index contributed by atoms with van der Waals surface area (Å²) >= 11 is 1.88. The van der Waals surface area contributed by atoms with Crippen LogP contribution in [0.15, 0.2) is 287 Å². The van der Waals surface area contributed by atoms with E-state index < -0.39 is 70.1 Å². The summed E-state index contributed by atoms with van der Waals surface area (Å²) in [6.45, 7) is 2.99. The maximum atomic E-state index is 14.6. The minimum Gasteiger partial charge on any atom is -0.365 e. The molecule has 4 aliphatic rings. The van der Waals surface area contributed by atoms with Crippen molar-refractivity contribution in [2.24, 2.45) is 0 Å². The van der Waals surface area contributed by atoms with Crippen LogP contribution in [0.3, 0.4) is 0 Å². The summed E-state index contributed by atoms with van der Waals surface area (Å²) in [6.07, 6.45) is 21.7. The fourth-order valence-electron chi connectivity index (χ4n) is 11.5. The molecule has 12 rings (SSSR count). The molecule has 0 bridgehead atoms. The second-order valence-electron chi connectivity index (χ2n) is 20.7. The Morgan fingerprint density at radius 2 is 0.506 bits per heavy atom. The molecular weight excluding hydrogens is 1290 g/mol. The molecule has 0 N–H and O–H groups in total. The van der Waals surface area contributed by atoms with Crippen molar-refractivity contribution in [3.63, 3.8) is 0 Å². The van der Waals surface area contributed by atoms with E-state index in [4.69, 9.17) is 12.8 Å². The van der Waals surface area contributed by atoms with Crippen molar-refractivity contribution in [1.29, 1.82) is 0 Å². The van der Waals surface area contributed by atoms with Gasteiger partial charge in [0.2, 0.25) is 0 Å². The van der Waals surface area contributed by atoms with E-state index in [2.05, 4.69) is 243 Å². The van der Waals surface area contributed by atoms with Gasteiger partial charge in [-0.3, -0.25) is 11.8 Å². The number of thioether (sulfide) groups is 2. The molecule has 0 unspecified atom stereocenters. The van der Waals surface area contributed by atoms with Gasteiger partial charge in [-0.05, 0) is 122 Å². The molecule has 1 fully saturated rings. The molecule has 0 aromatic heterocycles. The second-order valence-corrected chi connectivity index (χ2v) is 34.0. The minimum atomic E-state index is -5.60. The van der Waals surface area contributed by atoms with Crippen LogP contribution in [0.5, 0.6) is 0 Å². The van der Waals surface area contributed by atoms with Gasteiger partial charge in [0.05, 0.1) is 74.1 Å². The molecule has 0 saturated heterocycles. The molecular formula is C73H66F6Fe2P4S2+4. The van der Waals surface area contributed by atoms with Crippen LogP contribution in [-0.4, -0.2) is 51.9 Å². The van der Waals surface area contributed by atoms with Gasteiger partial charge >= 0.3 is 51.9 Å². The molecule has 14 heteroatoms. The molecule has 0 radical (unpaired) electrons. The number of benzene rings is 8.